The van der Waals surface area contributed by atoms with E-state index in [1.54, 1.807) is 24.3 Å². The Morgan fingerprint density at radius 1 is 0.871 bits per heavy atom. The molecule has 4 aromatic rings. The third-order valence-corrected chi connectivity index (χ3v) is 4.95. The Kier molecular flexibility index (Phi) is 5.62. The molecule has 4 N–H and O–H groups in total. The molecule has 0 aliphatic heterocycles. The van der Waals surface area contributed by atoms with Gasteiger partial charge in [0.05, 0.1) is 11.3 Å². The van der Waals surface area contributed by atoms with E-state index in [2.05, 4.69) is 10.3 Å². The lowest BCUT2D eigenvalue weighted by molar-refractivity contribution is 0.0952. The van der Waals surface area contributed by atoms with Crippen molar-refractivity contribution in [1.29, 1.82) is 0 Å². The Morgan fingerprint density at radius 2 is 1.48 bits per heavy atom. The van der Waals surface area contributed by atoms with Crippen LogP contribution in [0, 0.1) is 5.82 Å². The lowest BCUT2D eigenvalue weighted by Gasteiger charge is -2.09. The number of hydrogen-bond donors (Lipinski definition) is 3. The molecule has 1 heterocycles. The average molecular weight is 413 g/mol. The summed E-state index contributed by atoms with van der Waals surface area (Å²) in [5, 5.41) is 2.85. The van der Waals surface area contributed by atoms with Gasteiger partial charge in [0, 0.05) is 17.7 Å². The van der Waals surface area contributed by atoms with Gasteiger partial charge in [-0.05, 0) is 23.3 Å². The highest BCUT2D eigenvalue weighted by molar-refractivity contribution is 6.17. The van der Waals surface area contributed by atoms with Crippen molar-refractivity contribution in [3.8, 4) is 11.1 Å². The number of nitrogen functional groups attached to an aromatic ring is 1. The predicted molar refractivity (Wildman–Crippen MR) is 118 cm³/mol. The molecule has 5 nitrogen and oxygen atoms in total. The second-order valence-corrected chi connectivity index (χ2v) is 7.03. The quantitative estimate of drug-likeness (QED) is 0.405. The van der Waals surface area contributed by atoms with Crippen LogP contribution in [0.25, 0.3) is 11.1 Å². The minimum absolute atomic E-state index is 0.0733. The number of aromatic amines is 1. The molecule has 3 aromatic carbocycles. The summed E-state index contributed by atoms with van der Waals surface area (Å²) >= 11 is 0. The van der Waals surface area contributed by atoms with Gasteiger partial charge in [0.15, 0.2) is 0 Å². The van der Waals surface area contributed by atoms with E-state index in [0.29, 0.717) is 23.2 Å². The standard InChI is InChI=1S/C25H20FN3O2/c26-19-13-11-17(12-14-19)20-21(25(31)28-15-16-7-3-1-4-8-16)24(27)29-22(20)23(30)18-9-5-2-6-10-18/h1-14,29H,15,27H2,(H,28,31). The fourth-order valence-corrected chi connectivity index (χ4v) is 3.43. The summed E-state index contributed by atoms with van der Waals surface area (Å²) in [6.07, 6.45) is 0. The maximum absolute atomic E-state index is 13.5. The molecule has 31 heavy (non-hydrogen) atoms. The second-order valence-electron chi connectivity index (χ2n) is 7.03. The number of nitrogens with two attached hydrogens (primary N) is 1. The Balaban J connectivity index is 1.77. The van der Waals surface area contributed by atoms with Gasteiger partial charge in [-0.15, -0.1) is 0 Å². The molecule has 0 spiro atoms. The van der Waals surface area contributed by atoms with Gasteiger partial charge >= 0.3 is 0 Å². The fraction of sp³-hybridized carbons (Fsp3) is 0.0400. The van der Waals surface area contributed by atoms with Crippen molar-refractivity contribution in [2.45, 2.75) is 6.54 Å². The lowest BCUT2D eigenvalue weighted by atomic mass is 9.96. The third kappa shape index (κ3) is 4.23. The van der Waals surface area contributed by atoms with E-state index >= 15 is 0 Å². The van der Waals surface area contributed by atoms with E-state index in [1.165, 1.54) is 24.3 Å². The van der Waals surface area contributed by atoms with Crippen LogP contribution in [0.15, 0.2) is 84.9 Å². The van der Waals surface area contributed by atoms with E-state index < -0.39 is 11.7 Å². The molecule has 0 fully saturated rings. The number of hydrogen-bond acceptors (Lipinski definition) is 3. The zero-order valence-corrected chi connectivity index (χ0v) is 16.6. The molecular formula is C25H20FN3O2. The van der Waals surface area contributed by atoms with E-state index in [4.69, 9.17) is 5.73 Å². The third-order valence-electron chi connectivity index (χ3n) is 4.95. The number of amides is 1. The Hall–Kier alpha value is -4.19. The van der Waals surface area contributed by atoms with Crippen LogP contribution in [-0.2, 0) is 6.54 Å². The first-order valence-corrected chi connectivity index (χ1v) is 9.74. The number of H-pyrrole nitrogens is 1. The number of ketones is 1. The van der Waals surface area contributed by atoms with Crippen molar-refractivity contribution in [3.05, 3.63) is 113 Å². The molecule has 0 saturated carbocycles. The van der Waals surface area contributed by atoms with Crippen molar-refractivity contribution >= 4 is 17.5 Å². The molecule has 0 saturated heterocycles. The van der Waals surface area contributed by atoms with Crippen LogP contribution in [0.1, 0.15) is 32.0 Å². The van der Waals surface area contributed by atoms with Gasteiger partial charge in [0.1, 0.15) is 11.6 Å². The van der Waals surface area contributed by atoms with Crippen molar-refractivity contribution in [2.75, 3.05) is 5.73 Å². The number of anilines is 1. The van der Waals surface area contributed by atoms with Crippen LogP contribution in [0.5, 0.6) is 0 Å². The SMILES string of the molecule is Nc1[nH]c(C(=O)c2ccccc2)c(-c2ccc(F)cc2)c1C(=O)NCc1ccccc1. The molecule has 0 aliphatic rings. The number of aromatic nitrogens is 1. The molecule has 0 atom stereocenters. The molecule has 4 rings (SSSR count). The van der Waals surface area contributed by atoms with Gasteiger partial charge in [0.2, 0.25) is 5.78 Å². The topological polar surface area (TPSA) is 88.0 Å². The summed E-state index contributed by atoms with van der Waals surface area (Å²) in [5.74, 6) is -1.08. The molecule has 154 valence electrons. The zero-order valence-electron chi connectivity index (χ0n) is 16.6. The first-order valence-electron chi connectivity index (χ1n) is 9.74. The zero-order chi connectivity index (χ0) is 21.8. The summed E-state index contributed by atoms with van der Waals surface area (Å²) in [5.41, 5.74) is 8.72. The van der Waals surface area contributed by atoms with Gasteiger partial charge in [-0.25, -0.2) is 4.39 Å². The van der Waals surface area contributed by atoms with Crippen molar-refractivity contribution < 1.29 is 14.0 Å². The van der Waals surface area contributed by atoms with Crippen LogP contribution in [0.2, 0.25) is 0 Å². The first-order chi connectivity index (χ1) is 15.0. The molecule has 6 heteroatoms. The molecule has 0 radical (unpaired) electrons. The highest BCUT2D eigenvalue weighted by Crippen LogP contribution is 2.33. The largest absolute Gasteiger partial charge is 0.385 e. The Morgan fingerprint density at radius 3 is 2.13 bits per heavy atom. The Labute approximate surface area is 178 Å². The number of halogens is 1. The summed E-state index contributed by atoms with van der Waals surface area (Å²) in [7, 11) is 0. The monoisotopic (exact) mass is 413 g/mol. The van der Waals surface area contributed by atoms with Crippen LogP contribution in [0.3, 0.4) is 0 Å². The molecule has 0 bridgehead atoms. The van der Waals surface area contributed by atoms with Crippen LogP contribution in [0.4, 0.5) is 10.2 Å². The molecule has 0 aliphatic carbocycles. The highest BCUT2D eigenvalue weighted by Gasteiger charge is 2.27. The number of carbonyl (C=O) groups excluding carboxylic acids is 2. The number of rotatable bonds is 6. The van der Waals surface area contributed by atoms with E-state index in [0.717, 1.165) is 5.56 Å². The Bertz CT molecular complexity index is 1220. The average Bonchev–Trinajstić information content (AvgIpc) is 3.16. The molecule has 1 amide bonds. The highest BCUT2D eigenvalue weighted by atomic mass is 19.1. The van der Waals surface area contributed by atoms with E-state index in [-0.39, 0.29) is 22.9 Å². The smallest absolute Gasteiger partial charge is 0.255 e. The van der Waals surface area contributed by atoms with E-state index in [1.807, 2.05) is 36.4 Å². The van der Waals surface area contributed by atoms with Gasteiger partial charge < -0.3 is 16.0 Å². The molecule has 1 aromatic heterocycles. The number of carbonyl (C=O) groups is 2. The summed E-state index contributed by atoms with van der Waals surface area (Å²) in [6, 6.07) is 23.7. The summed E-state index contributed by atoms with van der Waals surface area (Å²) in [4.78, 5) is 29.1. The maximum atomic E-state index is 13.5. The van der Waals surface area contributed by atoms with Crippen LogP contribution >= 0.6 is 0 Å². The molecular weight excluding hydrogens is 393 g/mol. The summed E-state index contributed by atoms with van der Waals surface area (Å²) < 4.78 is 13.5. The van der Waals surface area contributed by atoms with E-state index in [9.17, 15) is 14.0 Å². The minimum Gasteiger partial charge on any atom is -0.385 e. The van der Waals surface area contributed by atoms with Crippen LogP contribution < -0.4 is 11.1 Å². The van der Waals surface area contributed by atoms with Gasteiger partial charge in [-0.3, -0.25) is 9.59 Å². The van der Waals surface area contributed by atoms with Crippen LogP contribution in [-0.4, -0.2) is 16.7 Å². The molecule has 0 unspecified atom stereocenters. The van der Waals surface area contributed by atoms with Crippen molar-refractivity contribution in [2.24, 2.45) is 0 Å². The van der Waals surface area contributed by atoms with Gasteiger partial charge in [0.25, 0.3) is 5.91 Å². The van der Waals surface area contributed by atoms with Crippen molar-refractivity contribution in [3.63, 3.8) is 0 Å². The fourth-order valence-electron chi connectivity index (χ4n) is 3.43. The summed E-state index contributed by atoms with van der Waals surface area (Å²) in [6.45, 7) is 0.301. The van der Waals surface area contributed by atoms with Gasteiger partial charge in [-0.1, -0.05) is 72.8 Å². The maximum Gasteiger partial charge on any atom is 0.255 e. The minimum atomic E-state index is -0.427. The second kappa shape index (κ2) is 8.67. The predicted octanol–water partition coefficient (Wildman–Crippen LogP) is 4.56. The number of nitrogens with one attached hydrogen (secondary N) is 2. The number of benzene rings is 3. The first kappa shape index (κ1) is 20.1. The van der Waals surface area contributed by atoms with Gasteiger partial charge in [-0.2, -0.15) is 0 Å². The lowest BCUT2D eigenvalue weighted by Crippen LogP contribution is -2.24. The normalized spacial score (nSPS) is 10.6. The van der Waals surface area contributed by atoms with Crippen molar-refractivity contribution in [1.82, 2.24) is 10.3 Å².